The molecule has 5 heteroatoms. The van der Waals surface area contributed by atoms with Crippen molar-refractivity contribution in [2.45, 2.75) is 51.4 Å². The van der Waals surface area contributed by atoms with Crippen LogP contribution in [0.3, 0.4) is 0 Å². The fourth-order valence-corrected chi connectivity index (χ4v) is 4.07. The van der Waals surface area contributed by atoms with Crippen molar-refractivity contribution in [2.75, 3.05) is 25.1 Å². The molecule has 2 aliphatic heterocycles. The second-order valence-electron chi connectivity index (χ2n) is 7.13. The Labute approximate surface area is 150 Å². The maximum Gasteiger partial charge on any atom is 0.139 e. The summed E-state index contributed by atoms with van der Waals surface area (Å²) < 4.78 is 8.29. The molecular weight excluding hydrogens is 312 g/mol. The monoisotopic (exact) mass is 340 g/mol. The summed E-state index contributed by atoms with van der Waals surface area (Å²) in [6, 6.07) is 7.19. The molecule has 0 radical (unpaired) electrons. The van der Waals surface area contributed by atoms with E-state index in [9.17, 15) is 0 Å². The van der Waals surface area contributed by atoms with Gasteiger partial charge in [0.2, 0.25) is 0 Å². The number of benzene rings is 1. The number of imidazole rings is 1. The van der Waals surface area contributed by atoms with Crippen LogP contribution in [0.1, 0.15) is 42.8 Å². The summed E-state index contributed by atoms with van der Waals surface area (Å²) in [6.45, 7) is 5.92. The third-order valence-electron chi connectivity index (χ3n) is 5.51. The molecule has 1 aromatic carbocycles. The highest BCUT2D eigenvalue weighted by Crippen LogP contribution is 2.29. The summed E-state index contributed by atoms with van der Waals surface area (Å²) >= 11 is 0. The summed E-state index contributed by atoms with van der Waals surface area (Å²) in [7, 11) is 2.17. The Hall–Kier alpha value is -1.85. The van der Waals surface area contributed by atoms with Crippen molar-refractivity contribution in [3.8, 4) is 0 Å². The van der Waals surface area contributed by atoms with Gasteiger partial charge in [0.25, 0.3) is 0 Å². The topological polar surface area (TPSA) is 42.3 Å². The molecule has 5 nitrogen and oxygen atoms in total. The summed E-state index contributed by atoms with van der Waals surface area (Å²) in [4.78, 5) is 6.90. The minimum atomic E-state index is 0.0456. The number of fused-ring (bicyclic) bond motifs is 1. The molecule has 0 bridgehead atoms. The van der Waals surface area contributed by atoms with Crippen molar-refractivity contribution in [3.05, 3.63) is 47.5 Å². The number of ether oxygens (including phenoxy) is 1. The van der Waals surface area contributed by atoms with E-state index in [2.05, 4.69) is 51.9 Å². The van der Waals surface area contributed by atoms with E-state index >= 15 is 0 Å². The minimum absolute atomic E-state index is 0.0456. The number of rotatable bonds is 5. The second kappa shape index (κ2) is 7.18. The molecule has 0 amide bonds. The molecule has 4 rings (SSSR count). The number of likely N-dealkylation sites (N-methyl/N-ethyl adjacent to an activating group) is 1. The van der Waals surface area contributed by atoms with Gasteiger partial charge in [-0.15, -0.1) is 0 Å². The van der Waals surface area contributed by atoms with E-state index in [0.29, 0.717) is 6.04 Å². The first-order chi connectivity index (χ1) is 12.3. The maximum absolute atomic E-state index is 6.10. The van der Waals surface area contributed by atoms with E-state index in [1.165, 1.54) is 16.8 Å². The lowest BCUT2D eigenvalue weighted by atomic mass is 10.0. The number of aryl methyl sites for hydroxylation is 1. The van der Waals surface area contributed by atoms with Crippen LogP contribution in [0.2, 0.25) is 0 Å². The van der Waals surface area contributed by atoms with Crippen molar-refractivity contribution >= 4 is 5.69 Å². The van der Waals surface area contributed by atoms with Gasteiger partial charge in [0.1, 0.15) is 11.9 Å². The molecule has 0 unspecified atom stereocenters. The van der Waals surface area contributed by atoms with E-state index < -0.39 is 0 Å². The van der Waals surface area contributed by atoms with Gasteiger partial charge in [-0.3, -0.25) is 0 Å². The lowest BCUT2D eigenvalue weighted by Gasteiger charge is -2.32. The molecule has 2 atom stereocenters. The zero-order valence-electron chi connectivity index (χ0n) is 15.2. The first kappa shape index (κ1) is 16.6. The van der Waals surface area contributed by atoms with Crippen molar-refractivity contribution in [3.63, 3.8) is 0 Å². The molecule has 1 N–H and O–H groups in total. The Bertz CT molecular complexity index is 726. The Morgan fingerprint density at radius 3 is 3.16 bits per heavy atom. The van der Waals surface area contributed by atoms with Crippen LogP contribution in [0.15, 0.2) is 30.6 Å². The molecule has 1 aromatic heterocycles. The normalized spacial score (nSPS) is 23.0. The quantitative estimate of drug-likeness (QED) is 0.909. The summed E-state index contributed by atoms with van der Waals surface area (Å²) in [5.41, 5.74) is 4.21. The lowest BCUT2D eigenvalue weighted by Crippen LogP contribution is -2.40. The zero-order chi connectivity index (χ0) is 17.2. The van der Waals surface area contributed by atoms with Crippen LogP contribution < -0.4 is 10.2 Å². The first-order valence-corrected chi connectivity index (χ1v) is 9.45. The Balaban J connectivity index is 1.46. The van der Waals surface area contributed by atoms with Gasteiger partial charge in [-0.05, 0) is 43.4 Å². The zero-order valence-corrected chi connectivity index (χ0v) is 15.2. The van der Waals surface area contributed by atoms with Crippen LogP contribution in [0.25, 0.3) is 0 Å². The maximum atomic E-state index is 6.10. The fraction of sp³-hybridized carbons (Fsp3) is 0.550. The minimum Gasteiger partial charge on any atom is -0.374 e. The molecule has 2 aliphatic rings. The van der Waals surface area contributed by atoms with Gasteiger partial charge in [0, 0.05) is 57.4 Å². The molecule has 134 valence electrons. The van der Waals surface area contributed by atoms with Crippen molar-refractivity contribution in [1.82, 2.24) is 14.9 Å². The van der Waals surface area contributed by atoms with Gasteiger partial charge in [-0.2, -0.15) is 0 Å². The van der Waals surface area contributed by atoms with E-state index in [0.717, 1.165) is 51.3 Å². The number of anilines is 1. The lowest BCUT2D eigenvalue weighted by molar-refractivity contribution is -0.0182. The van der Waals surface area contributed by atoms with Crippen LogP contribution in [-0.2, 0) is 24.2 Å². The molecule has 3 heterocycles. The molecule has 25 heavy (non-hydrogen) atoms. The Morgan fingerprint density at radius 1 is 1.36 bits per heavy atom. The smallest absolute Gasteiger partial charge is 0.139 e. The summed E-state index contributed by atoms with van der Waals surface area (Å²) in [5, 5.41) is 3.74. The fourth-order valence-electron chi connectivity index (χ4n) is 4.07. The highest BCUT2D eigenvalue weighted by atomic mass is 16.5. The standard InChI is InChI=1S/C20H28N4O/c1-3-24-11-9-21-20(24)19-17(5-4-12-25-19)22-14-15-6-7-18-16(13-15)8-10-23(18)2/h6-7,9,11,13,17,19,22H,3-5,8,10,12,14H2,1-2H3/t17-,19-/m0/s1. The van der Waals surface area contributed by atoms with Gasteiger partial charge < -0.3 is 19.5 Å². The summed E-state index contributed by atoms with van der Waals surface area (Å²) in [5.74, 6) is 1.05. The van der Waals surface area contributed by atoms with Gasteiger partial charge in [0.15, 0.2) is 0 Å². The van der Waals surface area contributed by atoms with E-state index in [-0.39, 0.29) is 6.10 Å². The highest BCUT2D eigenvalue weighted by molar-refractivity contribution is 5.58. The van der Waals surface area contributed by atoms with Crippen LogP contribution in [0.5, 0.6) is 0 Å². The summed E-state index contributed by atoms with van der Waals surface area (Å²) in [6.07, 6.45) is 7.36. The van der Waals surface area contributed by atoms with Crippen LogP contribution in [0, 0.1) is 0 Å². The average Bonchev–Trinajstić information content (AvgIpc) is 3.27. The van der Waals surface area contributed by atoms with Gasteiger partial charge in [-0.1, -0.05) is 12.1 Å². The molecule has 0 aliphatic carbocycles. The molecule has 0 saturated carbocycles. The Kier molecular flexibility index (Phi) is 4.77. The predicted molar refractivity (Wildman–Crippen MR) is 99.9 cm³/mol. The van der Waals surface area contributed by atoms with Crippen LogP contribution in [0.4, 0.5) is 5.69 Å². The number of aromatic nitrogens is 2. The van der Waals surface area contributed by atoms with Crippen molar-refractivity contribution < 1.29 is 4.74 Å². The van der Waals surface area contributed by atoms with Crippen molar-refractivity contribution in [1.29, 1.82) is 0 Å². The molecule has 1 saturated heterocycles. The molecular formula is C20H28N4O. The molecule has 0 spiro atoms. The van der Waals surface area contributed by atoms with E-state index in [1.807, 2.05) is 12.4 Å². The average molecular weight is 340 g/mol. The van der Waals surface area contributed by atoms with Gasteiger partial charge >= 0.3 is 0 Å². The number of nitrogens with one attached hydrogen (secondary N) is 1. The number of hydrogen-bond donors (Lipinski definition) is 1. The van der Waals surface area contributed by atoms with Crippen LogP contribution in [-0.4, -0.2) is 35.8 Å². The Morgan fingerprint density at radius 2 is 2.28 bits per heavy atom. The first-order valence-electron chi connectivity index (χ1n) is 9.45. The molecule has 2 aromatic rings. The largest absolute Gasteiger partial charge is 0.374 e. The van der Waals surface area contributed by atoms with Gasteiger partial charge in [0.05, 0.1) is 0 Å². The third kappa shape index (κ3) is 3.31. The number of nitrogens with zero attached hydrogens (tertiary/aromatic N) is 3. The van der Waals surface area contributed by atoms with Crippen LogP contribution >= 0.6 is 0 Å². The molecule has 1 fully saturated rings. The van der Waals surface area contributed by atoms with E-state index in [1.54, 1.807) is 0 Å². The van der Waals surface area contributed by atoms with E-state index in [4.69, 9.17) is 4.74 Å². The second-order valence-corrected chi connectivity index (χ2v) is 7.13. The predicted octanol–water partition coefficient (Wildman–Crippen LogP) is 2.91. The van der Waals surface area contributed by atoms with Gasteiger partial charge in [-0.25, -0.2) is 4.98 Å². The SMILES string of the molecule is CCn1ccnc1[C@H]1OCCC[C@@H]1NCc1ccc2c(c1)CCN2C. The third-order valence-corrected chi connectivity index (χ3v) is 5.51. The number of hydrogen-bond acceptors (Lipinski definition) is 4. The highest BCUT2D eigenvalue weighted by Gasteiger charge is 2.30. The van der Waals surface area contributed by atoms with Crippen molar-refractivity contribution in [2.24, 2.45) is 0 Å².